The zero-order valence-corrected chi connectivity index (χ0v) is 11.9. The molecule has 6 heteroatoms. The Labute approximate surface area is 122 Å². The van der Waals surface area contributed by atoms with Crippen LogP contribution in [0.4, 0.5) is 5.82 Å². The van der Waals surface area contributed by atoms with E-state index >= 15 is 0 Å². The van der Waals surface area contributed by atoms with Gasteiger partial charge in [-0.15, -0.1) is 0 Å². The van der Waals surface area contributed by atoms with Gasteiger partial charge < -0.3 is 20.5 Å². The number of carbonyl (C=O) groups excluding carboxylic acids is 1. The number of aromatic nitrogens is 1. The molecule has 2 rings (SSSR count). The Balaban J connectivity index is 2.12. The van der Waals surface area contributed by atoms with Crippen LogP contribution in [0.2, 0.25) is 0 Å². The Morgan fingerprint density at radius 2 is 2.10 bits per heavy atom. The number of nitrogens with two attached hydrogens (primary N) is 1. The Bertz CT molecular complexity index is 644. The number of benzene rings is 1. The normalized spacial score (nSPS) is 10.0. The Morgan fingerprint density at radius 1 is 1.29 bits per heavy atom. The van der Waals surface area contributed by atoms with Crippen molar-refractivity contribution in [2.75, 3.05) is 20.0 Å². The minimum Gasteiger partial charge on any atom is -0.497 e. The lowest BCUT2D eigenvalue weighted by Gasteiger charge is -2.12. The van der Waals surface area contributed by atoms with Crippen molar-refractivity contribution in [2.24, 2.45) is 0 Å². The van der Waals surface area contributed by atoms with Crippen molar-refractivity contribution in [3.8, 4) is 11.5 Å². The molecule has 3 N–H and O–H groups in total. The molecule has 0 spiro atoms. The number of ether oxygens (including phenoxy) is 2. The molecule has 0 radical (unpaired) electrons. The summed E-state index contributed by atoms with van der Waals surface area (Å²) in [6.07, 6.45) is 1.54. The molecule has 0 fully saturated rings. The Kier molecular flexibility index (Phi) is 4.61. The van der Waals surface area contributed by atoms with Gasteiger partial charge in [0.1, 0.15) is 17.3 Å². The number of anilines is 1. The summed E-state index contributed by atoms with van der Waals surface area (Å²) >= 11 is 0. The fourth-order valence-corrected chi connectivity index (χ4v) is 1.90. The second-order valence-corrected chi connectivity index (χ2v) is 4.30. The molecule has 0 saturated heterocycles. The number of pyridine rings is 1. The first-order valence-corrected chi connectivity index (χ1v) is 6.35. The van der Waals surface area contributed by atoms with E-state index in [1.165, 1.54) is 6.20 Å². The molecule has 0 aliphatic rings. The minimum absolute atomic E-state index is 0.201. The first-order valence-electron chi connectivity index (χ1n) is 6.35. The fourth-order valence-electron chi connectivity index (χ4n) is 1.90. The van der Waals surface area contributed by atoms with Gasteiger partial charge in [0, 0.05) is 18.3 Å². The van der Waals surface area contributed by atoms with Crippen molar-refractivity contribution in [2.45, 2.75) is 6.54 Å². The molecule has 0 aliphatic carbocycles. The van der Waals surface area contributed by atoms with Crippen LogP contribution in [-0.2, 0) is 6.54 Å². The first-order chi connectivity index (χ1) is 10.2. The van der Waals surface area contributed by atoms with Crippen molar-refractivity contribution in [3.63, 3.8) is 0 Å². The fraction of sp³-hybridized carbons (Fsp3) is 0.200. The number of hydrogen-bond donors (Lipinski definition) is 2. The van der Waals surface area contributed by atoms with Crippen LogP contribution in [0.5, 0.6) is 11.5 Å². The first kappa shape index (κ1) is 14.6. The molecule has 1 heterocycles. The molecule has 0 atom stereocenters. The maximum atomic E-state index is 12.1. The molecular weight excluding hydrogens is 270 g/mol. The van der Waals surface area contributed by atoms with Crippen LogP contribution in [0.1, 0.15) is 15.9 Å². The van der Waals surface area contributed by atoms with E-state index in [4.69, 9.17) is 15.2 Å². The quantitative estimate of drug-likeness (QED) is 0.872. The van der Waals surface area contributed by atoms with Gasteiger partial charge >= 0.3 is 0 Å². The zero-order chi connectivity index (χ0) is 15.2. The summed E-state index contributed by atoms with van der Waals surface area (Å²) in [5.74, 6) is 1.29. The summed E-state index contributed by atoms with van der Waals surface area (Å²) in [7, 11) is 3.16. The third kappa shape index (κ3) is 3.42. The van der Waals surface area contributed by atoms with Crippen LogP contribution in [0.3, 0.4) is 0 Å². The largest absolute Gasteiger partial charge is 0.497 e. The van der Waals surface area contributed by atoms with Crippen molar-refractivity contribution in [1.82, 2.24) is 10.3 Å². The standard InChI is InChI=1S/C15H17N3O3/c1-20-11-5-6-13(21-2)10(8-11)9-18-15(19)12-4-3-7-17-14(12)16/h3-8H,9H2,1-2H3,(H2,16,17)(H,18,19). The van der Waals surface area contributed by atoms with Gasteiger partial charge in [0.05, 0.1) is 19.8 Å². The van der Waals surface area contributed by atoms with Crippen molar-refractivity contribution < 1.29 is 14.3 Å². The van der Waals surface area contributed by atoms with Crippen molar-refractivity contribution in [1.29, 1.82) is 0 Å². The highest BCUT2D eigenvalue weighted by atomic mass is 16.5. The number of carbonyl (C=O) groups is 1. The summed E-state index contributed by atoms with van der Waals surface area (Å²) in [6, 6.07) is 8.69. The van der Waals surface area contributed by atoms with Gasteiger partial charge in [0.15, 0.2) is 0 Å². The van der Waals surface area contributed by atoms with E-state index in [9.17, 15) is 4.79 Å². The number of nitrogens with zero attached hydrogens (tertiary/aromatic N) is 1. The molecule has 2 aromatic rings. The summed E-state index contributed by atoms with van der Waals surface area (Å²) in [6.45, 7) is 0.299. The van der Waals surface area contributed by atoms with Gasteiger partial charge in [-0.1, -0.05) is 0 Å². The van der Waals surface area contributed by atoms with Crippen molar-refractivity contribution in [3.05, 3.63) is 47.7 Å². The van der Waals surface area contributed by atoms with Gasteiger partial charge in [-0.05, 0) is 30.3 Å². The highest BCUT2D eigenvalue weighted by Gasteiger charge is 2.11. The molecule has 6 nitrogen and oxygen atoms in total. The lowest BCUT2D eigenvalue weighted by molar-refractivity contribution is 0.0951. The van der Waals surface area contributed by atoms with Crippen LogP contribution in [-0.4, -0.2) is 25.1 Å². The maximum absolute atomic E-state index is 12.1. The predicted molar refractivity (Wildman–Crippen MR) is 79.4 cm³/mol. The molecule has 0 aliphatic heterocycles. The molecule has 1 aromatic heterocycles. The number of hydrogen-bond acceptors (Lipinski definition) is 5. The van der Waals surface area contributed by atoms with Crippen molar-refractivity contribution >= 4 is 11.7 Å². The molecule has 1 aromatic carbocycles. The van der Waals surface area contributed by atoms with E-state index in [1.54, 1.807) is 38.5 Å². The lowest BCUT2D eigenvalue weighted by Crippen LogP contribution is -2.24. The third-order valence-electron chi connectivity index (χ3n) is 3.01. The molecule has 0 bridgehead atoms. The van der Waals surface area contributed by atoms with E-state index in [-0.39, 0.29) is 11.7 Å². The number of rotatable bonds is 5. The topological polar surface area (TPSA) is 86.5 Å². The molecule has 0 saturated carbocycles. The minimum atomic E-state index is -0.287. The Hall–Kier alpha value is -2.76. The van der Waals surface area contributed by atoms with Gasteiger partial charge in [0.2, 0.25) is 0 Å². The second-order valence-electron chi connectivity index (χ2n) is 4.30. The van der Waals surface area contributed by atoms with E-state index < -0.39 is 0 Å². The highest BCUT2D eigenvalue weighted by Crippen LogP contribution is 2.23. The number of nitrogens with one attached hydrogen (secondary N) is 1. The SMILES string of the molecule is COc1ccc(OC)c(CNC(=O)c2cccnc2N)c1. The smallest absolute Gasteiger partial charge is 0.255 e. The summed E-state index contributed by atoms with van der Waals surface area (Å²) < 4.78 is 10.4. The van der Waals surface area contributed by atoms with Crippen LogP contribution < -0.4 is 20.5 Å². The third-order valence-corrected chi connectivity index (χ3v) is 3.01. The monoisotopic (exact) mass is 287 g/mol. The second kappa shape index (κ2) is 6.60. The van der Waals surface area contributed by atoms with Crippen LogP contribution in [0, 0.1) is 0 Å². The summed E-state index contributed by atoms with van der Waals surface area (Å²) in [4.78, 5) is 16.0. The average molecular weight is 287 g/mol. The predicted octanol–water partition coefficient (Wildman–Crippen LogP) is 1.61. The van der Waals surface area contributed by atoms with Crippen LogP contribution in [0.25, 0.3) is 0 Å². The molecular formula is C15H17N3O3. The van der Waals surface area contributed by atoms with E-state index in [2.05, 4.69) is 10.3 Å². The number of nitrogen functional groups attached to an aromatic ring is 1. The zero-order valence-electron chi connectivity index (χ0n) is 11.9. The van der Waals surface area contributed by atoms with Gasteiger partial charge in [-0.25, -0.2) is 4.98 Å². The highest BCUT2D eigenvalue weighted by molar-refractivity contribution is 5.98. The summed E-state index contributed by atoms with van der Waals surface area (Å²) in [5.41, 5.74) is 6.83. The molecule has 1 amide bonds. The van der Waals surface area contributed by atoms with E-state index in [0.29, 0.717) is 23.6 Å². The average Bonchev–Trinajstić information content (AvgIpc) is 2.52. The van der Waals surface area contributed by atoms with Crippen LogP contribution >= 0.6 is 0 Å². The maximum Gasteiger partial charge on any atom is 0.255 e. The van der Waals surface area contributed by atoms with Gasteiger partial charge in [0.25, 0.3) is 5.91 Å². The van der Waals surface area contributed by atoms with E-state index in [0.717, 1.165) is 5.56 Å². The van der Waals surface area contributed by atoms with Gasteiger partial charge in [-0.2, -0.15) is 0 Å². The number of methoxy groups -OCH3 is 2. The molecule has 21 heavy (non-hydrogen) atoms. The number of amides is 1. The molecule has 0 unspecified atom stereocenters. The van der Waals surface area contributed by atoms with E-state index in [1.807, 2.05) is 6.07 Å². The lowest BCUT2D eigenvalue weighted by atomic mass is 10.1. The van der Waals surface area contributed by atoms with Gasteiger partial charge in [-0.3, -0.25) is 4.79 Å². The molecule has 110 valence electrons. The summed E-state index contributed by atoms with van der Waals surface area (Å²) in [5, 5.41) is 2.79. The van der Waals surface area contributed by atoms with Crippen LogP contribution in [0.15, 0.2) is 36.5 Å². The Morgan fingerprint density at radius 3 is 2.76 bits per heavy atom.